The summed E-state index contributed by atoms with van der Waals surface area (Å²) >= 11 is 0. The summed E-state index contributed by atoms with van der Waals surface area (Å²) in [6.45, 7) is 0. The maximum atomic E-state index is 0. The fourth-order valence-electron chi connectivity index (χ4n) is 0. The Kier molecular flexibility index (Phi) is 176. The van der Waals surface area contributed by atoms with Crippen LogP contribution in [0.3, 0.4) is 0 Å². The third-order valence-corrected chi connectivity index (χ3v) is 0. The summed E-state index contributed by atoms with van der Waals surface area (Å²) in [4.78, 5) is 0. The topological polar surface area (TPSA) is 0 Å². The molecule has 6 radical (unpaired) electrons. The summed E-state index contributed by atoms with van der Waals surface area (Å²) in [5.41, 5.74) is 0. The Morgan fingerprint density at radius 2 is 0.500 bits per heavy atom. The van der Waals surface area contributed by atoms with Gasteiger partial charge in [-0.15, -0.1) is 0 Å². The van der Waals surface area contributed by atoms with Crippen LogP contribution >= 0.6 is 0 Å². The van der Waals surface area contributed by atoms with Crippen LogP contribution in [0, 0.1) is 0 Å². The standard InChI is InChI=1S/Al.3Mn. The first kappa shape index (κ1) is 36.1. The minimum atomic E-state index is 0. The summed E-state index contributed by atoms with van der Waals surface area (Å²) in [5, 5.41) is 0. The Morgan fingerprint density at radius 1 is 0.500 bits per heavy atom. The van der Waals surface area contributed by atoms with Crippen LogP contribution in [0.25, 0.3) is 0 Å². The quantitative estimate of drug-likeness (QED) is 0.458. The van der Waals surface area contributed by atoms with E-state index >= 15 is 0 Å². The minimum absolute atomic E-state index is 0. The van der Waals surface area contributed by atoms with Crippen molar-refractivity contribution in [3.63, 3.8) is 0 Å². The molecule has 0 heterocycles. The van der Waals surface area contributed by atoms with Crippen molar-refractivity contribution in [1.82, 2.24) is 0 Å². The van der Waals surface area contributed by atoms with E-state index in [1.165, 1.54) is 0 Å². The molecule has 4 heteroatoms. The molecular weight excluding hydrogens is 192 g/mol. The van der Waals surface area contributed by atoms with Gasteiger partial charge in [0.15, 0.2) is 0 Å². The molecule has 0 saturated heterocycles. The zero-order valence-corrected chi connectivity index (χ0v) is 6.41. The molecule has 0 fully saturated rings. The number of rotatable bonds is 0. The van der Waals surface area contributed by atoms with Crippen molar-refractivity contribution in [1.29, 1.82) is 0 Å². The van der Waals surface area contributed by atoms with E-state index in [1.807, 2.05) is 0 Å². The van der Waals surface area contributed by atoms with E-state index in [-0.39, 0.29) is 68.6 Å². The van der Waals surface area contributed by atoms with Crippen molar-refractivity contribution < 1.29 is 51.2 Å². The number of hydrogen-bond donors (Lipinski definition) is 0. The molecule has 24 valence electrons. The van der Waals surface area contributed by atoms with Gasteiger partial charge < -0.3 is 0 Å². The molecule has 0 aromatic carbocycles. The van der Waals surface area contributed by atoms with Gasteiger partial charge in [0.25, 0.3) is 0 Å². The smallest absolute Gasteiger partial charge is 0 e. The summed E-state index contributed by atoms with van der Waals surface area (Å²) < 4.78 is 0. The molecule has 0 aliphatic heterocycles. The summed E-state index contributed by atoms with van der Waals surface area (Å²) in [6, 6.07) is 0. The van der Waals surface area contributed by atoms with E-state index in [9.17, 15) is 0 Å². The SMILES string of the molecule is [Al].[Mn].[Mn].[Mn]. The molecular formula is AlMn3. The Morgan fingerprint density at radius 3 is 0.500 bits per heavy atom. The monoisotopic (exact) mass is 192 g/mol. The van der Waals surface area contributed by atoms with Crippen molar-refractivity contribution in [2.45, 2.75) is 0 Å². The Balaban J connectivity index is 0. The molecule has 0 aliphatic rings. The Labute approximate surface area is 68.0 Å². The van der Waals surface area contributed by atoms with Crippen LogP contribution in [0.2, 0.25) is 0 Å². The van der Waals surface area contributed by atoms with Crippen molar-refractivity contribution in [3.05, 3.63) is 0 Å². The fraction of sp³-hybridized carbons (Fsp3) is 0. The van der Waals surface area contributed by atoms with Crippen molar-refractivity contribution in [2.75, 3.05) is 0 Å². The molecule has 0 atom stereocenters. The van der Waals surface area contributed by atoms with Crippen LogP contribution in [0.15, 0.2) is 0 Å². The van der Waals surface area contributed by atoms with Crippen molar-refractivity contribution in [2.24, 2.45) is 0 Å². The van der Waals surface area contributed by atoms with Gasteiger partial charge in [-0.1, -0.05) is 0 Å². The second-order valence-corrected chi connectivity index (χ2v) is 0. The van der Waals surface area contributed by atoms with Crippen molar-refractivity contribution in [3.8, 4) is 0 Å². The first-order chi connectivity index (χ1) is 0. The normalized spacial score (nSPS) is 0. The summed E-state index contributed by atoms with van der Waals surface area (Å²) in [6.07, 6.45) is 0. The summed E-state index contributed by atoms with van der Waals surface area (Å²) in [7, 11) is 0. The van der Waals surface area contributed by atoms with Crippen LogP contribution in [0.5, 0.6) is 0 Å². The van der Waals surface area contributed by atoms with Gasteiger partial charge in [0, 0.05) is 68.6 Å². The van der Waals surface area contributed by atoms with E-state index in [1.54, 1.807) is 0 Å². The summed E-state index contributed by atoms with van der Waals surface area (Å²) in [5.74, 6) is 0. The molecule has 0 unspecified atom stereocenters. The average Bonchev–Trinajstić information content (AvgIpc) is 0. The molecule has 0 aromatic heterocycles. The van der Waals surface area contributed by atoms with Gasteiger partial charge in [-0.2, -0.15) is 0 Å². The maximum absolute atomic E-state index is 0. The van der Waals surface area contributed by atoms with E-state index in [0.29, 0.717) is 0 Å². The first-order valence-electron chi connectivity index (χ1n) is 0. The van der Waals surface area contributed by atoms with Gasteiger partial charge in [-0.25, -0.2) is 0 Å². The first-order valence-corrected chi connectivity index (χ1v) is 0. The third-order valence-electron chi connectivity index (χ3n) is 0. The third kappa shape index (κ3) is 8.94. The van der Waals surface area contributed by atoms with Crippen molar-refractivity contribution >= 4 is 17.4 Å². The molecule has 0 N–H and O–H groups in total. The molecule has 0 nitrogen and oxygen atoms in total. The van der Waals surface area contributed by atoms with E-state index < -0.39 is 0 Å². The van der Waals surface area contributed by atoms with E-state index in [4.69, 9.17) is 0 Å². The molecule has 0 spiro atoms. The van der Waals surface area contributed by atoms with Gasteiger partial charge in [0.1, 0.15) is 0 Å². The van der Waals surface area contributed by atoms with Gasteiger partial charge >= 0.3 is 0 Å². The molecule has 0 saturated carbocycles. The molecule has 0 amide bonds. The maximum Gasteiger partial charge on any atom is 0 e. The second kappa shape index (κ2) is 19.5. The molecule has 0 rings (SSSR count). The van der Waals surface area contributed by atoms with Gasteiger partial charge in [0.05, 0.1) is 0 Å². The average molecular weight is 192 g/mol. The predicted octanol–water partition coefficient (Wildman–Crippen LogP) is -0.388. The van der Waals surface area contributed by atoms with Crippen LogP contribution in [0.4, 0.5) is 0 Å². The largest absolute Gasteiger partial charge is 0 e. The Hall–Kier alpha value is 2.09. The predicted molar refractivity (Wildman–Crippen MR) is 5.75 cm³/mol. The van der Waals surface area contributed by atoms with E-state index in [0.717, 1.165) is 0 Å². The van der Waals surface area contributed by atoms with Crippen LogP contribution in [0.1, 0.15) is 0 Å². The van der Waals surface area contributed by atoms with Crippen LogP contribution < -0.4 is 0 Å². The number of hydrogen-bond acceptors (Lipinski definition) is 0. The van der Waals surface area contributed by atoms with Crippen LogP contribution in [-0.2, 0) is 51.2 Å². The molecule has 0 aliphatic carbocycles. The van der Waals surface area contributed by atoms with Gasteiger partial charge in [0.2, 0.25) is 0 Å². The Bertz CT molecular complexity index is 3.25. The molecule has 0 bridgehead atoms. The second-order valence-electron chi connectivity index (χ2n) is 0. The van der Waals surface area contributed by atoms with Gasteiger partial charge in [-0.3, -0.25) is 0 Å². The molecule has 4 heavy (non-hydrogen) atoms. The minimum Gasteiger partial charge on any atom is 0 e. The fourth-order valence-corrected chi connectivity index (χ4v) is 0. The zero-order chi connectivity index (χ0) is 0. The molecule has 0 aromatic rings. The van der Waals surface area contributed by atoms with E-state index in [2.05, 4.69) is 0 Å². The zero-order valence-electron chi connectivity index (χ0n) is 1.71. The van der Waals surface area contributed by atoms with Gasteiger partial charge in [-0.05, 0) is 0 Å². The van der Waals surface area contributed by atoms with Crippen LogP contribution in [-0.4, -0.2) is 17.4 Å².